The Balaban J connectivity index is 1.98. The number of benzene rings is 2. The van der Waals surface area contributed by atoms with E-state index in [4.69, 9.17) is 0 Å². The highest BCUT2D eigenvalue weighted by Gasteiger charge is 2.20. The van der Waals surface area contributed by atoms with Crippen LogP contribution in [0, 0.1) is 5.82 Å². The molecule has 7 heteroatoms. The average Bonchev–Trinajstić information content (AvgIpc) is 2.90. The van der Waals surface area contributed by atoms with Gasteiger partial charge in [0.15, 0.2) is 0 Å². The summed E-state index contributed by atoms with van der Waals surface area (Å²) < 4.78 is 41.2. The van der Waals surface area contributed by atoms with Crippen molar-refractivity contribution in [1.82, 2.24) is 5.32 Å². The minimum Gasteiger partial charge on any atom is -0.309 e. The van der Waals surface area contributed by atoms with Crippen molar-refractivity contribution < 1.29 is 12.8 Å². The zero-order chi connectivity index (χ0) is 15.0. The van der Waals surface area contributed by atoms with Crippen LogP contribution in [0.25, 0.3) is 0 Å². The van der Waals surface area contributed by atoms with Gasteiger partial charge >= 0.3 is 0 Å². The van der Waals surface area contributed by atoms with E-state index in [1.165, 1.54) is 18.2 Å². The molecule has 0 aliphatic carbocycles. The zero-order valence-electron chi connectivity index (χ0n) is 10.9. The van der Waals surface area contributed by atoms with Crippen LogP contribution >= 0.6 is 15.9 Å². The fourth-order valence-corrected chi connectivity index (χ4v) is 3.94. The van der Waals surface area contributed by atoms with Gasteiger partial charge in [-0.05, 0) is 51.3 Å². The Labute approximate surface area is 130 Å². The molecule has 0 unspecified atom stereocenters. The molecule has 0 radical (unpaired) electrons. The fraction of sp³-hybridized carbons (Fsp3) is 0.143. The summed E-state index contributed by atoms with van der Waals surface area (Å²) in [6.45, 7) is 1.38. The molecule has 4 nitrogen and oxygen atoms in total. The summed E-state index contributed by atoms with van der Waals surface area (Å²) in [4.78, 5) is 0.125. The molecule has 2 aromatic rings. The second-order valence-corrected chi connectivity index (χ2v) is 7.27. The van der Waals surface area contributed by atoms with Crippen LogP contribution in [0.3, 0.4) is 0 Å². The SMILES string of the molecule is O=S(=O)(Nc1c(F)cccc1Br)c1ccc2c(c1)CNC2. The fourth-order valence-electron chi connectivity index (χ4n) is 2.23. The van der Waals surface area contributed by atoms with Gasteiger partial charge in [0.05, 0.1) is 10.6 Å². The van der Waals surface area contributed by atoms with E-state index in [-0.39, 0.29) is 10.6 Å². The predicted molar refractivity (Wildman–Crippen MR) is 81.9 cm³/mol. The molecule has 21 heavy (non-hydrogen) atoms. The van der Waals surface area contributed by atoms with Gasteiger partial charge in [-0.2, -0.15) is 0 Å². The summed E-state index contributed by atoms with van der Waals surface area (Å²) in [5.41, 5.74) is 1.95. The first-order chi connectivity index (χ1) is 9.97. The van der Waals surface area contributed by atoms with Gasteiger partial charge in [0.1, 0.15) is 5.82 Å². The van der Waals surface area contributed by atoms with Crippen molar-refractivity contribution in [3.05, 3.63) is 57.8 Å². The smallest absolute Gasteiger partial charge is 0.262 e. The Bertz CT molecular complexity index is 788. The summed E-state index contributed by atoms with van der Waals surface area (Å²) >= 11 is 3.15. The van der Waals surface area contributed by atoms with Gasteiger partial charge in [-0.3, -0.25) is 4.72 Å². The second-order valence-electron chi connectivity index (χ2n) is 4.74. The number of hydrogen-bond acceptors (Lipinski definition) is 3. The Hall–Kier alpha value is -1.44. The van der Waals surface area contributed by atoms with E-state index < -0.39 is 15.8 Å². The number of fused-ring (bicyclic) bond motifs is 1. The molecule has 1 heterocycles. The zero-order valence-corrected chi connectivity index (χ0v) is 13.3. The maximum atomic E-state index is 13.7. The molecule has 0 fully saturated rings. The summed E-state index contributed by atoms with van der Waals surface area (Å²) in [7, 11) is -3.83. The lowest BCUT2D eigenvalue weighted by Crippen LogP contribution is -2.14. The highest BCUT2D eigenvalue weighted by Crippen LogP contribution is 2.28. The predicted octanol–water partition coefficient (Wildman–Crippen LogP) is 2.99. The first-order valence-electron chi connectivity index (χ1n) is 6.27. The molecular formula is C14H12BrFN2O2S. The third-order valence-electron chi connectivity index (χ3n) is 3.32. The summed E-state index contributed by atoms with van der Waals surface area (Å²) in [6, 6.07) is 9.21. The van der Waals surface area contributed by atoms with Crippen molar-refractivity contribution in [3.8, 4) is 0 Å². The molecule has 0 spiro atoms. The van der Waals surface area contributed by atoms with Crippen LogP contribution in [-0.4, -0.2) is 8.42 Å². The normalized spacial score (nSPS) is 14.0. The first kappa shape index (κ1) is 14.5. The van der Waals surface area contributed by atoms with E-state index >= 15 is 0 Å². The Morgan fingerprint density at radius 1 is 1.14 bits per heavy atom. The number of sulfonamides is 1. The van der Waals surface area contributed by atoms with Crippen molar-refractivity contribution in [2.24, 2.45) is 0 Å². The van der Waals surface area contributed by atoms with Crippen molar-refractivity contribution in [2.45, 2.75) is 18.0 Å². The number of rotatable bonds is 3. The van der Waals surface area contributed by atoms with E-state index in [2.05, 4.69) is 26.0 Å². The van der Waals surface area contributed by atoms with Crippen LogP contribution in [0.5, 0.6) is 0 Å². The van der Waals surface area contributed by atoms with Gasteiger partial charge < -0.3 is 5.32 Å². The number of anilines is 1. The largest absolute Gasteiger partial charge is 0.309 e. The number of halogens is 2. The molecule has 0 saturated heterocycles. The highest BCUT2D eigenvalue weighted by atomic mass is 79.9. The van der Waals surface area contributed by atoms with Gasteiger partial charge in [-0.25, -0.2) is 12.8 Å². The molecule has 1 aliphatic rings. The van der Waals surface area contributed by atoms with Crippen molar-refractivity contribution in [3.63, 3.8) is 0 Å². The van der Waals surface area contributed by atoms with Gasteiger partial charge in [0.25, 0.3) is 10.0 Å². The topological polar surface area (TPSA) is 58.2 Å². The molecule has 3 rings (SSSR count). The standard InChI is InChI=1S/C14H12BrFN2O2S/c15-12-2-1-3-13(16)14(12)18-21(19,20)11-5-4-9-7-17-8-10(9)6-11/h1-6,17-18H,7-8H2. The average molecular weight is 371 g/mol. The minimum absolute atomic E-state index is 0.0869. The third kappa shape index (κ3) is 2.81. The lowest BCUT2D eigenvalue weighted by Gasteiger charge is -2.11. The maximum Gasteiger partial charge on any atom is 0.262 e. The van der Waals surface area contributed by atoms with Crippen LogP contribution in [0.15, 0.2) is 45.8 Å². The number of hydrogen-bond donors (Lipinski definition) is 2. The summed E-state index contributed by atoms with van der Waals surface area (Å²) in [6.07, 6.45) is 0. The van der Waals surface area contributed by atoms with Crippen LogP contribution in [0.1, 0.15) is 11.1 Å². The Morgan fingerprint density at radius 2 is 1.90 bits per heavy atom. The summed E-state index contributed by atoms with van der Waals surface area (Å²) in [5.74, 6) is -0.629. The second kappa shape index (κ2) is 5.40. The van der Waals surface area contributed by atoms with Crippen molar-refractivity contribution >= 4 is 31.6 Å². The molecule has 0 bridgehead atoms. The molecule has 0 amide bonds. The van der Waals surface area contributed by atoms with Gasteiger partial charge in [0.2, 0.25) is 0 Å². The monoisotopic (exact) mass is 370 g/mol. The van der Waals surface area contributed by atoms with Gasteiger partial charge in [-0.15, -0.1) is 0 Å². The van der Waals surface area contributed by atoms with Gasteiger partial charge in [-0.1, -0.05) is 12.1 Å². The number of nitrogens with one attached hydrogen (secondary N) is 2. The first-order valence-corrected chi connectivity index (χ1v) is 8.54. The van der Waals surface area contributed by atoms with E-state index in [0.29, 0.717) is 11.0 Å². The molecule has 0 aromatic heterocycles. The minimum atomic E-state index is -3.83. The third-order valence-corrected chi connectivity index (χ3v) is 5.33. The summed E-state index contributed by atoms with van der Waals surface area (Å²) in [5, 5.41) is 3.15. The lowest BCUT2D eigenvalue weighted by molar-refractivity contribution is 0.598. The Morgan fingerprint density at radius 3 is 2.67 bits per heavy atom. The van der Waals surface area contributed by atoms with Crippen LogP contribution < -0.4 is 10.0 Å². The molecule has 2 N–H and O–H groups in total. The maximum absolute atomic E-state index is 13.7. The molecule has 110 valence electrons. The molecule has 0 saturated carbocycles. The van der Waals surface area contributed by atoms with Crippen molar-refractivity contribution in [2.75, 3.05) is 4.72 Å². The van der Waals surface area contributed by atoms with Crippen LogP contribution in [0.4, 0.5) is 10.1 Å². The van der Waals surface area contributed by atoms with Crippen LogP contribution in [-0.2, 0) is 23.1 Å². The van der Waals surface area contributed by atoms with E-state index in [1.807, 2.05) is 0 Å². The molecule has 2 aromatic carbocycles. The molecular weight excluding hydrogens is 359 g/mol. The quantitative estimate of drug-likeness (QED) is 0.872. The van der Waals surface area contributed by atoms with E-state index in [0.717, 1.165) is 17.7 Å². The van der Waals surface area contributed by atoms with Gasteiger partial charge in [0, 0.05) is 17.6 Å². The molecule has 1 aliphatic heterocycles. The van der Waals surface area contributed by atoms with Crippen molar-refractivity contribution in [1.29, 1.82) is 0 Å². The van der Waals surface area contributed by atoms with E-state index in [1.54, 1.807) is 18.2 Å². The molecule has 0 atom stereocenters. The lowest BCUT2D eigenvalue weighted by atomic mass is 10.1. The van der Waals surface area contributed by atoms with Crippen LogP contribution in [0.2, 0.25) is 0 Å². The Kier molecular flexibility index (Phi) is 3.73. The number of para-hydroxylation sites is 1. The highest BCUT2D eigenvalue weighted by molar-refractivity contribution is 9.10. The van der Waals surface area contributed by atoms with E-state index in [9.17, 15) is 12.8 Å².